The van der Waals surface area contributed by atoms with Crippen LogP contribution in [-0.2, 0) is 4.79 Å². The minimum absolute atomic E-state index is 0.299. The van der Waals surface area contributed by atoms with Crippen molar-refractivity contribution in [2.75, 3.05) is 26.7 Å². The van der Waals surface area contributed by atoms with E-state index in [0.717, 1.165) is 94.2 Å². The first kappa shape index (κ1) is 35.2. The van der Waals surface area contributed by atoms with E-state index in [1.807, 2.05) is 13.3 Å². The molecular formula is C42H56N2O2. The van der Waals surface area contributed by atoms with Crippen molar-refractivity contribution in [2.45, 2.75) is 97.3 Å². The molecule has 0 saturated heterocycles. The van der Waals surface area contributed by atoms with Crippen molar-refractivity contribution in [3.8, 4) is 5.75 Å². The van der Waals surface area contributed by atoms with Crippen molar-refractivity contribution in [2.24, 2.45) is 10.9 Å². The van der Waals surface area contributed by atoms with Crippen molar-refractivity contribution in [3.63, 3.8) is 0 Å². The van der Waals surface area contributed by atoms with Gasteiger partial charge >= 0.3 is 0 Å². The third kappa shape index (κ3) is 11.0. The number of benzene rings is 1. The van der Waals surface area contributed by atoms with Gasteiger partial charge in [0.1, 0.15) is 5.75 Å². The Morgan fingerprint density at radius 2 is 1.89 bits per heavy atom. The standard InChI is InChI=1S/C42H56N2O2/c1-5-7-9-10-11-15-34(14-8-6-2)27-31-46-39-24-22-35(23-25-39)38-19-18-33(3)40(32-38)41(26-28-43-4)44-29-12-16-36(17-13-30-44)42(45)37-20-21-37/h7,9,15-16,19,22-26,28,32,37H,3,5-6,8,10-14,17-18,20-21,27,29-31H2,1-2,4H3/b9-7+,34-15-,36-16-,41-26+,43-28-. The van der Waals surface area contributed by atoms with Crippen LogP contribution in [-0.4, -0.2) is 43.6 Å². The maximum atomic E-state index is 12.7. The largest absolute Gasteiger partial charge is 0.493 e. The van der Waals surface area contributed by atoms with E-state index in [-0.39, 0.29) is 0 Å². The van der Waals surface area contributed by atoms with Crippen LogP contribution in [0.5, 0.6) is 5.75 Å². The summed E-state index contributed by atoms with van der Waals surface area (Å²) in [7, 11) is 1.81. The average molecular weight is 621 g/mol. The van der Waals surface area contributed by atoms with Gasteiger partial charge in [-0.25, -0.2) is 0 Å². The summed E-state index contributed by atoms with van der Waals surface area (Å²) in [4.78, 5) is 19.4. The number of rotatable bonds is 17. The molecule has 0 atom stereocenters. The Hall–Kier alpha value is -3.66. The molecule has 3 aliphatic rings. The van der Waals surface area contributed by atoms with Crippen molar-refractivity contribution in [1.29, 1.82) is 0 Å². The highest BCUT2D eigenvalue weighted by Gasteiger charge is 2.31. The normalized spacial score (nSPS) is 19.5. The molecule has 0 radical (unpaired) electrons. The molecular weight excluding hydrogens is 564 g/mol. The van der Waals surface area contributed by atoms with E-state index < -0.39 is 0 Å². The number of ether oxygens (including phenoxy) is 1. The Bertz CT molecular complexity index is 1380. The summed E-state index contributed by atoms with van der Waals surface area (Å²) in [6.07, 6.45) is 31.4. The molecule has 1 saturated carbocycles. The van der Waals surface area contributed by atoms with Gasteiger partial charge in [0, 0.05) is 50.0 Å². The molecule has 0 spiro atoms. The van der Waals surface area contributed by atoms with E-state index in [4.69, 9.17) is 4.74 Å². The van der Waals surface area contributed by atoms with Crippen LogP contribution in [0.15, 0.2) is 106 Å². The van der Waals surface area contributed by atoms with Gasteiger partial charge < -0.3 is 9.64 Å². The predicted octanol–water partition coefficient (Wildman–Crippen LogP) is 10.6. The minimum atomic E-state index is 0.299. The molecule has 4 nitrogen and oxygen atoms in total. The van der Waals surface area contributed by atoms with Crippen LogP contribution in [0.2, 0.25) is 0 Å². The Morgan fingerprint density at radius 1 is 1.07 bits per heavy atom. The van der Waals surface area contributed by atoms with Crippen LogP contribution in [0.1, 0.15) is 103 Å². The van der Waals surface area contributed by atoms with Gasteiger partial charge in [-0.2, -0.15) is 0 Å². The zero-order valence-corrected chi connectivity index (χ0v) is 28.7. The number of Topliss-reactive ketones (excluding diaryl/α,β-unsaturated/α-hetero) is 1. The molecule has 0 unspecified atom stereocenters. The molecule has 4 rings (SSSR count). The molecule has 0 aromatic heterocycles. The van der Waals surface area contributed by atoms with Gasteiger partial charge in [-0.1, -0.05) is 74.9 Å². The first-order valence-corrected chi connectivity index (χ1v) is 17.8. The lowest BCUT2D eigenvalue weighted by molar-refractivity contribution is -0.116. The quantitative estimate of drug-likeness (QED) is 0.0988. The predicted molar refractivity (Wildman–Crippen MR) is 196 cm³/mol. The lowest BCUT2D eigenvalue weighted by Gasteiger charge is -2.32. The summed E-state index contributed by atoms with van der Waals surface area (Å²) in [6.45, 7) is 11.4. The summed E-state index contributed by atoms with van der Waals surface area (Å²) in [6, 6.07) is 8.55. The third-order valence-electron chi connectivity index (χ3n) is 9.08. The first-order chi connectivity index (χ1) is 22.5. The number of carbonyl (C=O) groups is 1. The number of unbranched alkanes of at least 4 members (excludes halogenated alkanes) is 2. The van der Waals surface area contributed by atoms with Crippen LogP contribution in [0.4, 0.5) is 0 Å². The highest BCUT2D eigenvalue weighted by atomic mass is 16.5. The topological polar surface area (TPSA) is 41.9 Å². The van der Waals surface area contributed by atoms with Crippen molar-refractivity contribution in [1.82, 2.24) is 4.90 Å². The van der Waals surface area contributed by atoms with Crippen molar-refractivity contribution in [3.05, 3.63) is 107 Å². The minimum Gasteiger partial charge on any atom is -0.493 e. The van der Waals surface area contributed by atoms with Crippen LogP contribution in [0, 0.1) is 5.92 Å². The van der Waals surface area contributed by atoms with Gasteiger partial charge in [0.25, 0.3) is 0 Å². The van der Waals surface area contributed by atoms with E-state index in [1.54, 1.807) is 0 Å². The SMILES string of the molecule is C=C1CC=C(c2ccc(OCC/C(=C\CC/C=C/CC)CCCC)cc2)C=C1/C(=C\C=N/C)N1CC/C=C(\C(=O)C2CC2)CCC1. The van der Waals surface area contributed by atoms with Crippen molar-refractivity contribution >= 4 is 17.6 Å². The summed E-state index contributed by atoms with van der Waals surface area (Å²) in [5, 5.41) is 0. The average Bonchev–Trinajstić information content (AvgIpc) is 3.91. The summed E-state index contributed by atoms with van der Waals surface area (Å²) in [5.74, 6) is 1.62. The van der Waals surface area contributed by atoms with Crippen molar-refractivity contribution < 1.29 is 9.53 Å². The number of aliphatic imine (C=N–C) groups is 1. The molecule has 1 heterocycles. The molecule has 1 fully saturated rings. The van der Waals surface area contributed by atoms with Crippen LogP contribution in [0.25, 0.3) is 5.57 Å². The molecule has 4 heteroatoms. The fourth-order valence-corrected chi connectivity index (χ4v) is 6.21. The van der Waals surface area contributed by atoms with E-state index >= 15 is 0 Å². The number of hydrogen-bond acceptors (Lipinski definition) is 4. The molecule has 1 aromatic rings. The highest BCUT2D eigenvalue weighted by molar-refractivity contribution is 5.98. The van der Waals surface area contributed by atoms with Gasteiger partial charge in [0.15, 0.2) is 5.78 Å². The second-order valence-electron chi connectivity index (χ2n) is 12.8. The van der Waals surface area contributed by atoms with Crippen LogP contribution >= 0.6 is 0 Å². The number of nitrogens with zero attached hydrogens (tertiary/aromatic N) is 2. The Balaban J connectivity index is 1.40. The lowest BCUT2D eigenvalue weighted by Crippen LogP contribution is -2.29. The van der Waals surface area contributed by atoms with E-state index in [2.05, 4.69) is 97.1 Å². The highest BCUT2D eigenvalue weighted by Crippen LogP contribution is 2.36. The Kier molecular flexibility index (Phi) is 14.6. The van der Waals surface area contributed by atoms with Gasteiger partial charge in [-0.15, -0.1) is 0 Å². The van der Waals surface area contributed by atoms with Gasteiger partial charge in [-0.05, 0) is 117 Å². The molecule has 1 aliphatic heterocycles. The smallest absolute Gasteiger partial charge is 0.161 e. The fraction of sp³-hybridized carbons (Fsp3) is 0.476. The Morgan fingerprint density at radius 3 is 2.63 bits per heavy atom. The molecule has 0 amide bonds. The fourth-order valence-electron chi connectivity index (χ4n) is 6.21. The number of ketones is 1. The van der Waals surface area contributed by atoms with Crippen LogP contribution in [0.3, 0.4) is 0 Å². The van der Waals surface area contributed by atoms with E-state index in [1.165, 1.54) is 47.2 Å². The zero-order chi connectivity index (χ0) is 32.6. The molecule has 2 aliphatic carbocycles. The van der Waals surface area contributed by atoms with Gasteiger partial charge in [-0.3, -0.25) is 9.79 Å². The molecule has 1 aromatic carbocycles. The summed E-state index contributed by atoms with van der Waals surface area (Å²) < 4.78 is 6.20. The van der Waals surface area contributed by atoms with E-state index in [9.17, 15) is 4.79 Å². The maximum Gasteiger partial charge on any atom is 0.161 e. The number of hydrogen-bond donors (Lipinski definition) is 0. The van der Waals surface area contributed by atoms with E-state index in [0.29, 0.717) is 18.3 Å². The molecule has 246 valence electrons. The Labute approximate surface area is 279 Å². The monoisotopic (exact) mass is 620 g/mol. The lowest BCUT2D eigenvalue weighted by atomic mass is 9.88. The molecule has 0 bridgehead atoms. The molecule has 0 N–H and O–H groups in total. The first-order valence-electron chi connectivity index (χ1n) is 17.8. The maximum absolute atomic E-state index is 12.7. The second-order valence-corrected chi connectivity index (χ2v) is 12.8. The summed E-state index contributed by atoms with van der Waals surface area (Å²) >= 11 is 0. The molecule has 46 heavy (non-hydrogen) atoms. The third-order valence-corrected chi connectivity index (χ3v) is 9.08. The summed E-state index contributed by atoms with van der Waals surface area (Å²) in [5.41, 5.74) is 8.44. The second kappa shape index (κ2) is 19.1. The van der Waals surface area contributed by atoms with Gasteiger partial charge in [0.2, 0.25) is 0 Å². The number of allylic oxidation sites excluding steroid dienone is 9. The van der Waals surface area contributed by atoms with Crippen LogP contribution < -0.4 is 4.74 Å². The number of carbonyl (C=O) groups excluding carboxylic acids is 1. The zero-order valence-electron chi connectivity index (χ0n) is 28.7. The van der Waals surface area contributed by atoms with Gasteiger partial charge in [0.05, 0.1) is 6.61 Å².